The second-order valence-corrected chi connectivity index (χ2v) is 6.73. The van der Waals surface area contributed by atoms with Gasteiger partial charge in [-0.25, -0.2) is 0 Å². The van der Waals surface area contributed by atoms with E-state index in [1.54, 1.807) is 4.90 Å². The first-order valence-electron chi connectivity index (χ1n) is 6.52. The van der Waals surface area contributed by atoms with Gasteiger partial charge in [-0.15, -0.1) is 0 Å². The normalized spacial score (nSPS) is 19.2. The number of halogens is 2. The third-order valence-corrected chi connectivity index (χ3v) is 4.60. The Balaban J connectivity index is 2.03. The van der Waals surface area contributed by atoms with Crippen molar-refractivity contribution in [3.63, 3.8) is 0 Å². The molecule has 1 fully saturated rings. The Kier molecular flexibility index (Phi) is 5.42. The lowest BCUT2D eigenvalue weighted by atomic mass is 10.0. The van der Waals surface area contributed by atoms with Crippen molar-refractivity contribution in [2.45, 2.75) is 25.3 Å². The van der Waals surface area contributed by atoms with Gasteiger partial charge in [0, 0.05) is 28.6 Å². The number of nitrogens with one attached hydrogen (secondary N) is 1. The van der Waals surface area contributed by atoms with E-state index < -0.39 is 0 Å². The van der Waals surface area contributed by atoms with Crippen molar-refractivity contribution in [1.82, 2.24) is 10.2 Å². The van der Waals surface area contributed by atoms with Gasteiger partial charge in [0.1, 0.15) is 0 Å². The Morgan fingerprint density at radius 1 is 1.42 bits per heavy atom. The molecule has 0 saturated carbocycles. The summed E-state index contributed by atoms with van der Waals surface area (Å²) in [7, 11) is 1.87. The fraction of sp³-hybridized carbons (Fsp3) is 0.500. The highest BCUT2D eigenvalue weighted by atomic mass is 79.9. The molecule has 104 valence electrons. The molecular formula is C14H18Br2N2O. The lowest BCUT2D eigenvalue weighted by molar-refractivity contribution is 0.0774. The molecule has 1 amide bonds. The van der Waals surface area contributed by atoms with E-state index in [4.69, 9.17) is 0 Å². The molecular weight excluding hydrogens is 372 g/mol. The van der Waals surface area contributed by atoms with Crippen LogP contribution in [0.25, 0.3) is 0 Å². The summed E-state index contributed by atoms with van der Waals surface area (Å²) in [6.45, 7) is 1.82. The summed E-state index contributed by atoms with van der Waals surface area (Å²) in [5, 5.41) is 3.47. The monoisotopic (exact) mass is 388 g/mol. The number of hydrogen-bond donors (Lipinski definition) is 1. The molecule has 0 aliphatic carbocycles. The van der Waals surface area contributed by atoms with Gasteiger partial charge in [0.25, 0.3) is 5.91 Å². The van der Waals surface area contributed by atoms with Crippen molar-refractivity contribution in [2.75, 3.05) is 20.1 Å². The molecule has 19 heavy (non-hydrogen) atoms. The van der Waals surface area contributed by atoms with E-state index >= 15 is 0 Å². The zero-order valence-corrected chi connectivity index (χ0v) is 14.1. The fourth-order valence-electron chi connectivity index (χ4n) is 2.36. The number of carbonyl (C=O) groups excluding carboxylic acids is 1. The van der Waals surface area contributed by atoms with Crippen LogP contribution in [0.15, 0.2) is 27.1 Å². The van der Waals surface area contributed by atoms with Gasteiger partial charge >= 0.3 is 0 Å². The molecule has 1 aromatic rings. The average molecular weight is 390 g/mol. The highest BCUT2D eigenvalue weighted by Gasteiger charge is 2.20. The molecule has 0 bridgehead atoms. The Morgan fingerprint density at radius 3 is 2.89 bits per heavy atom. The Bertz CT molecular complexity index is 459. The number of piperidine rings is 1. The van der Waals surface area contributed by atoms with Crippen LogP contribution in [0.5, 0.6) is 0 Å². The number of rotatable bonds is 3. The molecule has 1 unspecified atom stereocenters. The standard InChI is InChI=1S/C14H18Br2N2O/c1-18(9-11-4-2-3-7-17-11)14(19)12-8-10(15)5-6-13(12)16/h5-6,8,11,17H,2-4,7,9H2,1H3. The highest BCUT2D eigenvalue weighted by Crippen LogP contribution is 2.23. The summed E-state index contributed by atoms with van der Waals surface area (Å²) in [5.74, 6) is 0.0561. The summed E-state index contributed by atoms with van der Waals surface area (Å²) < 4.78 is 1.76. The third kappa shape index (κ3) is 4.04. The van der Waals surface area contributed by atoms with Crippen LogP contribution in [0.3, 0.4) is 0 Å². The summed E-state index contributed by atoms with van der Waals surface area (Å²) in [6, 6.07) is 6.10. The molecule has 1 aliphatic rings. The number of nitrogens with zero attached hydrogens (tertiary/aromatic N) is 1. The van der Waals surface area contributed by atoms with Gasteiger partial charge in [0.15, 0.2) is 0 Å². The predicted molar refractivity (Wildman–Crippen MR) is 84.4 cm³/mol. The van der Waals surface area contributed by atoms with Crippen LogP contribution < -0.4 is 5.32 Å². The van der Waals surface area contributed by atoms with Gasteiger partial charge in [0.2, 0.25) is 0 Å². The van der Waals surface area contributed by atoms with E-state index in [9.17, 15) is 4.79 Å². The molecule has 2 rings (SSSR count). The van der Waals surface area contributed by atoms with Gasteiger partial charge in [-0.1, -0.05) is 22.4 Å². The topological polar surface area (TPSA) is 32.3 Å². The Hall–Kier alpha value is -0.390. The van der Waals surface area contributed by atoms with E-state index in [0.717, 1.165) is 28.5 Å². The quantitative estimate of drug-likeness (QED) is 0.858. The van der Waals surface area contributed by atoms with Crippen molar-refractivity contribution in [1.29, 1.82) is 0 Å². The zero-order valence-electron chi connectivity index (χ0n) is 11.0. The van der Waals surface area contributed by atoms with Gasteiger partial charge in [-0.2, -0.15) is 0 Å². The molecule has 5 heteroatoms. The van der Waals surface area contributed by atoms with Crippen molar-refractivity contribution < 1.29 is 4.79 Å². The highest BCUT2D eigenvalue weighted by molar-refractivity contribution is 9.11. The van der Waals surface area contributed by atoms with Gasteiger partial charge in [-0.3, -0.25) is 4.79 Å². The van der Waals surface area contributed by atoms with Crippen LogP contribution in [0, 0.1) is 0 Å². The van der Waals surface area contributed by atoms with Crippen LogP contribution >= 0.6 is 31.9 Å². The van der Waals surface area contributed by atoms with E-state index in [1.807, 2.05) is 25.2 Å². The van der Waals surface area contributed by atoms with Crippen LogP contribution in [-0.4, -0.2) is 37.0 Å². The van der Waals surface area contributed by atoms with Crippen molar-refractivity contribution in [3.8, 4) is 0 Å². The number of amides is 1. The molecule has 1 atom stereocenters. The largest absolute Gasteiger partial charge is 0.340 e. The minimum atomic E-state index is 0.0561. The van der Waals surface area contributed by atoms with E-state index in [1.165, 1.54) is 12.8 Å². The number of hydrogen-bond acceptors (Lipinski definition) is 2. The first-order valence-corrected chi connectivity index (χ1v) is 8.10. The first kappa shape index (κ1) is 15.0. The van der Waals surface area contributed by atoms with Crippen molar-refractivity contribution in [2.24, 2.45) is 0 Å². The maximum absolute atomic E-state index is 12.4. The summed E-state index contributed by atoms with van der Waals surface area (Å²) >= 11 is 6.85. The molecule has 3 nitrogen and oxygen atoms in total. The minimum absolute atomic E-state index is 0.0561. The molecule has 1 saturated heterocycles. The predicted octanol–water partition coefficient (Wildman–Crippen LogP) is 3.43. The van der Waals surface area contributed by atoms with Crippen molar-refractivity contribution >= 4 is 37.8 Å². The van der Waals surface area contributed by atoms with E-state index in [-0.39, 0.29) is 5.91 Å². The SMILES string of the molecule is CN(CC1CCCCN1)C(=O)c1cc(Br)ccc1Br. The molecule has 1 aliphatic heterocycles. The van der Waals surface area contributed by atoms with Crippen LogP contribution in [0.4, 0.5) is 0 Å². The summed E-state index contributed by atoms with van der Waals surface area (Å²) in [6.07, 6.45) is 3.64. The first-order chi connectivity index (χ1) is 9.08. The van der Waals surface area contributed by atoms with Crippen LogP contribution in [0.1, 0.15) is 29.6 Å². The zero-order chi connectivity index (χ0) is 13.8. The van der Waals surface area contributed by atoms with Crippen LogP contribution in [-0.2, 0) is 0 Å². The smallest absolute Gasteiger partial charge is 0.254 e. The second-order valence-electron chi connectivity index (χ2n) is 4.96. The Morgan fingerprint density at radius 2 is 2.21 bits per heavy atom. The molecule has 1 aromatic carbocycles. The lowest BCUT2D eigenvalue weighted by Gasteiger charge is -2.28. The third-order valence-electron chi connectivity index (χ3n) is 3.41. The maximum atomic E-state index is 12.4. The Labute approximate surface area is 131 Å². The van der Waals surface area contributed by atoms with E-state index in [2.05, 4.69) is 37.2 Å². The second kappa shape index (κ2) is 6.86. The molecule has 0 aromatic heterocycles. The average Bonchev–Trinajstić information content (AvgIpc) is 2.42. The van der Waals surface area contributed by atoms with Crippen LogP contribution in [0.2, 0.25) is 0 Å². The molecule has 1 heterocycles. The van der Waals surface area contributed by atoms with Gasteiger partial charge in [0.05, 0.1) is 5.56 Å². The molecule has 1 N–H and O–H groups in total. The number of benzene rings is 1. The molecule has 0 radical (unpaired) electrons. The summed E-state index contributed by atoms with van der Waals surface area (Å²) in [4.78, 5) is 14.2. The van der Waals surface area contributed by atoms with Gasteiger partial charge in [-0.05, 0) is 53.5 Å². The number of carbonyl (C=O) groups is 1. The van der Waals surface area contributed by atoms with Gasteiger partial charge < -0.3 is 10.2 Å². The summed E-state index contributed by atoms with van der Waals surface area (Å²) in [5.41, 5.74) is 0.702. The molecule has 0 spiro atoms. The van der Waals surface area contributed by atoms with Crippen molar-refractivity contribution in [3.05, 3.63) is 32.7 Å². The minimum Gasteiger partial charge on any atom is -0.340 e. The van der Waals surface area contributed by atoms with E-state index in [0.29, 0.717) is 11.6 Å². The number of likely N-dealkylation sites (N-methyl/N-ethyl adjacent to an activating group) is 1. The maximum Gasteiger partial charge on any atom is 0.254 e. The lowest BCUT2D eigenvalue weighted by Crippen LogP contribution is -2.44. The fourth-order valence-corrected chi connectivity index (χ4v) is 3.14.